The van der Waals surface area contributed by atoms with Gasteiger partial charge in [-0.05, 0) is 48.5 Å². The van der Waals surface area contributed by atoms with Crippen molar-refractivity contribution in [1.82, 2.24) is 4.90 Å². The summed E-state index contributed by atoms with van der Waals surface area (Å²) in [5.41, 5.74) is 2.93. The monoisotopic (exact) mass is 353 g/mol. The largest absolute Gasteiger partial charge is 0.378 e. The molecule has 6 nitrogen and oxygen atoms in total. The third-order valence-corrected chi connectivity index (χ3v) is 4.30. The summed E-state index contributed by atoms with van der Waals surface area (Å²) in [6.07, 6.45) is 0. The van der Waals surface area contributed by atoms with E-state index in [0.29, 0.717) is 16.8 Å². The van der Waals surface area contributed by atoms with E-state index in [4.69, 9.17) is 4.74 Å². The Hall–Kier alpha value is -2.86. The number of nitrogens with zero attached hydrogens (tertiary/aromatic N) is 2. The van der Waals surface area contributed by atoms with Crippen molar-refractivity contribution < 1.29 is 14.3 Å². The normalized spacial score (nSPS) is 14.0. The fourth-order valence-corrected chi connectivity index (χ4v) is 2.80. The molecule has 1 aliphatic rings. The van der Waals surface area contributed by atoms with Crippen LogP contribution in [0.25, 0.3) is 0 Å². The fraction of sp³-hybridized carbons (Fsp3) is 0.300. The van der Waals surface area contributed by atoms with Gasteiger partial charge in [-0.25, -0.2) is 0 Å². The number of carbonyl (C=O) groups excluding carboxylic acids is 2. The number of morpholine rings is 1. The molecule has 0 saturated carbocycles. The second kappa shape index (κ2) is 8.01. The van der Waals surface area contributed by atoms with E-state index in [1.54, 1.807) is 38.4 Å². The van der Waals surface area contributed by atoms with E-state index in [0.717, 1.165) is 32.0 Å². The summed E-state index contributed by atoms with van der Waals surface area (Å²) < 4.78 is 5.36. The number of rotatable bonds is 4. The lowest BCUT2D eigenvalue weighted by Gasteiger charge is -2.28. The predicted molar refractivity (Wildman–Crippen MR) is 102 cm³/mol. The van der Waals surface area contributed by atoms with Crippen LogP contribution in [0.3, 0.4) is 0 Å². The van der Waals surface area contributed by atoms with E-state index >= 15 is 0 Å². The molecule has 2 aromatic carbocycles. The van der Waals surface area contributed by atoms with E-state index in [2.05, 4.69) is 10.2 Å². The smallest absolute Gasteiger partial charge is 0.255 e. The highest BCUT2D eigenvalue weighted by Gasteiger charge is 2.13. The number of anilines is 2. The van der Waals surface area contributed by atoms with Gasteiger partial charge in [-0.3, -0.25) is 9.59 Å². The topological polar surface area (TPSA) is 61.9 Å². The first-order chi connectivity index (χ1) is 12.5. The van der Waals surface area contributed by atoms with Gasteiger partial charge >= 0.3 is 0 Å². The summed E-state index contributed by atoms with van der Waals surface area (Å²) in [7, 11) is 3.41. The van der Waals surface area contributed by atoms with Crippen molar-refractivity contribution >= 4 is 23.2 Å². The van der Waals surface area contributed by atoms with Crippen molar-refractivity contribution in [1.29, 1.82) is 0 Å². The second-order valence-corrected chi connectivity index (χ2v) is 6.38. The molecule has 26 heavy (non-hydrogen) atoms. The maximum atomic E-state index is 12.4. The van der Waals surface area contributed by atoms with Crippen LogP contribution in [0.2, 0.25) is 0 Å². The molecule has 136 valence electrons. The van der Waals surface area contributed by atoms with Gasteiger partial charge in [0.25, 0.3) is 11.8 Å². The van der Waals surface area contributed by atoms with Crippen LogP contribution in [0.15, 0.2) is 48.5 Å². The molecule has 0 atom stereocenters. The van der Waals surface area contributed by atoms with E-state index in [1.165, 1.54) is 4.90 Å². The zero-order valence-corrected chi connectivity index (χ0v) is 15.1. The molecular formula is C20H23N3O3. The van der Waals surface area contributed by atoms with Gasteiger partial charge in [-0.1, -0.05) is 0 Å². The first-order valence-electron chi connectivity index (χ1n) is 8.60. The Morgan fingerprint density at radius 2 is 1.50 bits per heavy atom. The SMILES string of the molecule is CN(C)C(=O)c1ccc(NC(=O)c2ccc(N3CCOCC3)cc2)cc1. The van der Waals surface area contributed by atoms with Gasteiger partial charge in [0, 0.05) is 49.7 Å². The van der Waals surface area contributed by atoms with Gasteiger partial charge in [0.05, 0.1) is 13.2 Å². The summed E-state index contributed by atoms with van der Waals surface area (Å²) >= 11 is 0. The van der Waals surface area contributed by atoms with Crippen molar-refractivity contribution in [2.24, 2.45) is 0 Å². The number of hydrogen-bond donors (Lipinski definition) is 1. The van der Waals surface area contributed by atoms with Crippen LogP contribution in [-0.4, -0.2) is 57.1 Å². The molecule has 0 aromatic heterocycles. The third-order valence-electron chi connectivity index (χ3n) is 4.30. The minimum absolute atomic E-state index is 0.0680. The van der Waals surface area contributed by atoms with Gasteiger partial charge in [0.1, 0.15) is 0 Å². The summed E-state index contributed by atoms with van der Waals surface area (Å²) in [5, 5.41) is 2.86. The Morgan fingerprint density at radius 1 is 0.923 bits per heavy atom. The average Bonchev–Trinajstić information content (AvgIpc) is 2.68. The number of amides is 2. The Labute approximate surface area is 153 Å². The third kappa shape index (κ3) is 4.21. The molecule has 1 saturated heterocycles. The van der Waals surface area contributed by atoms with E-state index < -0.39 is 0 Å². The number of hydrogen-bond acceptors (Lipinski definition) is 4. The average molecular weight is 353 g/mol. The first-order valence-corrected chi connectivity index (χ1v) is 8.60. The molecule has 0 bridgehead atoms. The van der Waals surface area contributed by atoms with E-state index in [9.17, 15) is 9.59 Å². The Kier molecular flexibility index (Phi) is 5.53. The highest BCUT2D eigenvalue weighted by atomic mass is 16.5. The predicted octanol–water partition coefficient (Wildman–Crippen LogP) is 2.48. The molecule has 0 spiro atoms. The lowest BCUT2D eigenvalue weighted by atomic mass is 10.1. The summed E-state index contributed by atoms with van der Waals surface area (Å²) in [6.45, 7) is 3.19. The molecule has 1 aliphatic heterocycles. The summed E-state index contributed by atoms with van der Waals surface area (Å²) in [5.74, 6) is -0.244. The van der Waals surface area contributed by atoms with Gasteiger partial charge < -0.3 is 19.9 Å². The molecule has 6 heteroatoms. The van der Waals surface area contributed by atoms with Crippen LogP contribution in [0.1, 0.15) is 20.7 Å². The van der Waals surface area contributed by atoms with Gasteiger partial charge in [0.15, 0.2) is 0 Å². The maximum absolute atomic E-state index is 12.4. The highest BCUT2D eigenvalue weighted by Crippen LogP contribution is 2.18. The van der Waals surface area contributed by atoms with E-state index in [-0.39, 0.29) is 11.8 Å². The minimum Gasteiger partial charge on any atom is -0.378 e. The Bertz CT molecular complexity index is 764. The molecule has 0 unspecified atom stereocenters. The number of ether oxygens (including phenoxy) is 1. The molecule has 1 N–H and O–H groups in total. The van der Waals surface area contributed by atoms with Crippen LogP contribution < -0.4 is 10.2 Å². The first kappa shape index (κ1) is 17.9. The Balaban J connectivity index is 1.63. The van der Waals surface area contributed by atoms with Crippen molar-refractivity contribution in [2.45, 2.75) is 0 Å². The minimum atomic E-state index is -0.176. The zero-order valence-electron chi connectivity index (χ0n) is 15.1. The van der Waals surface area contributed by atoms with Crippen LogP contribution in [0, 0.1) is 0 Å². The van der Waals surface area contributed by atoms with Gasteiger partial charge in [-0.15, -0.1) is 0 Å². The number of benzene rings is 2. The molecule has 3 rings (SSSR count). The molecule has 2 amide bonds. The Morgan fingerprint density at radius 3 is 2.08 bits per heavy atom. The quantitative estimate of drug-likeness (QED) is 0.917. The van der Waals surface area contributed by atoms with Crippen LogP contribution in [0.4, 0.5) is 11.4 Å². The maximum Gasteiger partial charge on any atom is 0.255 e. The molecular weight excluding hydrogens is 330 g/mol. The molecule has 0 aliphatic carbocycles. The van der Waals surface area contributed by atoms with Crippen LogP contribution in [0.5, 0.6) is 0 Å². The lowest BCUT2D eigenvalue weighted by molar-refractivity contribution is 0.0827. The molecule has 1 heterocycles. The van der Waals surface area contributed by atoms with Gasteiger partial charge in [0.2, 0.25) is 0 Å². The zero-order chi connectivity index (χ0) is 18.5. The summed E-state index contributed by atoms with van der Waals surface area (Å²) in [4.78, 5) is 28.1. The number of nitrogens with one attached hydrogen (secondary N) is 1. The fourth-order valence-electron chi connectivity index (χ4n) is 2.80. The van der Waals surface area contributed by atoms with E-state index in [1.807, 2.05) is 24.3 Å². The van der Waals surface area contributed by atoms with Gasteiger partial charge in [-0.2, -0.15) is 0 Å². The summed E-state index contributed by atoms with van der Waals surface area (Å²) in [6, 6.07) is 14.4. The van der Waals surface area contributed by atoms with Crippen molar-refractivity contribution in [3.8, 4) is 0 Å². The molecule has 2 aromatic rings. The molecule has 1 fully saturated rings. The highest BCUT2D eigenvalue weighted by molar-refractivity contribution is 6.04. The van der Waals surface area contributed by atoms with Crippen molar-refractivity contribution in [3.63, 3.8) is 0 Å². The van der Waals surface area contributed by atoms with Crippen LogP contribution >= 0.6 is 0 Å². The molecule has 0 radical (unpaired) electrons. The van der Waals surface area contributed by atoms with Crippen molar-refractivity contribution in [2.75, 3.05) is 50.6 Å². The standard InChI is InChI=1S/C20H23N3O3/c1-22(2)20(25)16-3-7-17(8-4-16)21-19(24)15-5-9-18(10-6-15)23-11-13-26-14-12-23/h3-10H,11-14H2,1-2H3,(H,21,24). The second-order valence-electron chi connectivity index (χ2n) is 6.38. The number of carbonyl (C=O) groups is 2. The van der Waals surface area contributed by atoms with Crippen LogP contribution in [-0.2, 0) is 4.74 Å². The van der Waals surface area contributed by atoms with Crippen molar-refractivity contribution in [3.05, 3.63) is 59.7 Å². The lowest BCUT2D eigenvalue weighted by Crippen LogP contribution is -2.36.